The van der Waals surface area contributed by atoms with Crippen molar-refractivity contribution in [1.82, 2.24) is 20.0 Å². The number of hydrogen-bond donors (Lipinski definition) is 1. The molecule has 0 spiro atoms. The van der Waals surface area contributed by atoms with Gasteiger partial charge in [0.1, 0.15) is 5.60 Å². The van der Waals surface area contributed by atoms with Crippen LogP contribution in [0.2, 0.25) is 0 Å². The average molecular weight is 406 g/mol. The number of para-hydroxylation sites is 1. The van der Waals surface area contributed by atoms with Crippen LogP contribution >= 0.6 is 0 Å². The maximum absolute atomic E-state index is 12.6. The van der Waals surface area contributed by atoms with Crippen LogP contribution in [0.5, 0.6) is 0 Å². The Labute approximate surface area is 175 Å². The number of rotatable bonds is 3. The predicted octanol–water partition coefficient (Wildman–Crippen LogP) is 3.76. The molecule has 4 rings (SSSR count). The molecular weight excluding hydrogens is 380 g/mol. The van der Waals surface area contributed by atoms with Crippen LogP contribution in [0.4, 0.5) is 4.79 Å². The lowest BCUT2D eigenvalue weighted by molar-refractivity contribution is 0.0290. The summed E-state index contributed by atoms with van der Waals surface area (Å²) >= 11 is 0. The molecule has 3 aromatic rings. The number of nitrogens with one attached hydrogen (secondary N) is 1. The second-order valence-electron chi connectivity index (χ2n) is 8.55. The van der Waals surface area contributed by atoms with Crippen molar-refractivity contribution in [2.45, 2.75) is 38.8 Å². The van der Waals surface area contributed by atoms with Gasteiger partial charge in [-0.05, 0) is 57.5 Å². The fourth-order valence-corrected chi connectivity index (χ4v) is 3.57. The van der Waals surface area contributed by atoms with Crippen LogP contribution in [0.15, 0.2) is 54.7 Å². The topological polar surface area (TPSA) is 76.5 Å². The zero-order chi connectivity index (χ0) is 21.3. The highest BCUT2D eigenvalue weighted by molar-refractivity contribution is 5.94. The summed E-state index contributed by atoms with van der Waals surface area (Å²) in [6, 6.07) is 15.3. The molecule has 0 aliphatic carbocycles. The molecule has 0 bridgehead atoms. The number of ether oxygens (including phenoxy) is 1. The van der Waals surface area contributed by atoms with E-state index in [-0.39, 0.29) is 18.0 Å². The Kier molecular flexibility index (Phi) is 5.20. The van der Waals surface area contributed by atoms with E-state index < -0.39 is 5.60 Å². The van der Waals surface area contributed by atoms with Gasteiger partial charge < -0.3 is 15.0 Å². The van der Waals surface area contributed by atoms with Gasteiger partial charge >= 0.3 is 6.09 Å². The lowest BCUT2D eigenvalue weighted by Gasteiger charge is -2.24. The normalized spacial score (nSPS) is 16.6. The summed E-state index contributed by atoms with van der Waals surface area (Å²) in [6.45, 7) is 6.56. The number of nitrogens with zero attached hydrogens (tertiary/aromatic N) is 3. The Bertz CT molecular complexity index is 1070. The van der Waals surface area contributed by atoms with Crippen molar-refractivity contribution in [3.05, 3.63) is 60.3 Å². The maximum atomic E-state index is 12.6. The second-order valence-corrected chi connectivity index (χ2v) is 8.55. The zero-order valence-electron chi connectivity index (χ0n) is 17.5. The van der Waals surface area contributed by atoms with Crippen LogP contribution in [-0.2, 0) is 4.74 Å². The van der Waals surface area contributed by atoms with Gasteiger partial charge in [-0.3, -0.25) is 4.79 Å². The van der Waals surface area contributed by atoms with E-state index in [9.17, 15) is 9.59 Å². The number of fused-ring (bicyclic) bond motifs is 1. The van der Waals surface area contributed by atoms with Crippen molar-refractivity contribution < 1.29 is 14.3 Å². The minimum atomic E-state index is -0.528. The average Bonchev–Trinajstić information content (AvgIpc) is 3.34. The number of amides is 2. The van der Waals surface area contributed by atoms with Gasteiger partial charge in [0, 0.05) is 30.1 Å². The van der Waals surface area contributed by atoms with Crippen LogP contribution in [0.1, 0.15) is 37.6 Å². The first kappa shape index (κ1) is 19.9. The Balaban J connectivity index is 1.38. The third kappa shape index (κ3) is 4.30. The molecule has 1 N–H and O–H groups in total. The summed E-state index contributed by atoms with van der Waals surface area (Å²) in [5.74, 6) is -0.150. The van der Waals surface area contributed by atoms with Crippen molar-refractivity contribution in [1.29, 1.82) is 0 Å². The molecule has 30 heavy (non-hydrogen) atoms. The molecule has 7 heteroatoms. The molecule has 1 atom stereocenters. The monoisotopic (exact) mass is 406 g/mol. The standard InChI is InChI=1S/C23H26N4O3/c1-23(2,3)30-22(29)26-13-12-18(15-26)25-21(28)16-8-10-19(11-9-16)27-20-7-5-4-6-17(20)14-24-27/h4-11,14,18H,12-13,15H2,1-3H3,(H,25,28). The molecule has 1 unspecified atom stereocenters. The maximum Gasteiger partial charge on any atom is 0.410 e. The Morgan fingerprint density at radius 3 is 2.57 bits per heavy atom. The number of hydrogen-bond acceptors (Lipinski definition) is 4. The van der Waals surface area contributed by atoms with E-state index in [1.54, 1.807) is 17.0 Å². The van der Waals surface area contributed by atoms with Gasteiger partial charge in [-0.25, -0.2) is 9.48 Å². The Morgan fingerprint density at radius 2 is 1.83 bits per heavy atom. The molecule has 1 fully saturated rings. The molecule has 0 radical (unpaired) electrons. The molecule has 156 valence electrons. The first-order valence-corrected chi connectivity index (χ1v) is 10.1. The fourth-order valence-electron chi connectivity index (χ4n) is 3.57. The van der Waals surface area contributed by atoms with Gasteiger partial charge in [-0.1, -0.05) is 18.2 Å². The third-order valence-corrected chi connectivity index (χ3v) is 5.03. The van der Waals surface area contributed by atoms with Gasteiger partial charge in [0.2, 0.25) is 0 Å². The van der Waals surface area contributed by atoms with E-state index >= 15 is 0 Å². The molecule has 1 saturated heterocycles. The summed E-state index contributed by atoms with van der Waals surface area (Å²) in [5.41, 5.74) is 1.96. The van der Waals surface area contributed by atoms with Gasteiger partial charge in [-0.2, -0.15) is 5.10 Å². The number of carbonyl (C=O) groups excluding carboxylic acids is 2. The van der Waals surface area contributed by atoms with E-state index in [1.165, 1.54) is 0 Å². The number of carbonyl (C=O) groups is 2. The highest BCUT2D eigenvalue weighted by Gasteiger charge is 2.30. The lowest BCUT2D eigenvalue weighted by atomic mass is 10.1. The van der Waals surface area contributed by atoms with Crippen LogP contribution in [0.25, 0.3) is 16.6 Å². The van der Waals surface area contributed by atoms with Crippen LogP contribution in [-0.4, -0.2) is 51.4 Å². The molecular formula is C23H26N4O3. The van der Waals surface area contributed by atoms with Crippen molar-refractivity contribution in [3.8, 4) is 5.69 Å². The minimum Gasteiger partial charge on any atom is -0.444 e. The Morgan fingerprint density at radius 1 is 1.10 bits per heavy atom. The van der Waals surface area contributed by atoms with E-state index in [0.29, 0.717) is 25.1 Å². The van der Waals surface area contributed by atoms with Crippen LogP contribution in [0, 0.1) is 0 Å². The largest absolute Gasteiger partial charge is 0.444 e. The number of likely N-dealkylation sites (tertiary alicyclic amines) is 1. The van der Waals surface area contributed by atoms with Gasteiger partial charge in [0.05, 0.1) is 17.4 Å². The minimum absolute atomic E-state index is 0.0836. The van der Waals surface area contributed by atoms with Crippen molar-refractivity contribution in [2.75, 3.05) is 13.1 Å². The highest BCUT2D eigenvalue weighted by Crippen LogP contribution is 2.19. The predicted molar refractivity (Wildman–Crippen MR) is 115 cm³/mol. The second kappa shape index (κ2) is 7.82. The summed E-state index contributed by atoms with van der Waals surface area (Å²) in [4.78, 5) is 26.5. The summed E-state index contributed by atoms with van der Waals surface area (Å²) < 4.78 is 7.26. The van der Waals surface area contributed by atoms with E-state index in [2.05, 4.69) is 10.4 Å². The van der Waals surface area contributed by atoms with Gasteiger partial charge in [-0.15, -0.1) is 0 Å². The molecule has 2 heterocycles. The molecule has 0 saturated carbocycles. The van der Waals surface area contributed by atoms with Gasteiger partial charge in [0.25, 0.3) is 5.91 Å². The van der Waals surface area contributed by atoms with E-state index in [1.807, 2.05) is 68.0 Å². The summed E-state index contributed by atoms with van der Waals surface area (Å²) in [5, 5.41) is 8.52. The Hall–Kier alpha value is -3.35. The molecule has 1 aliphatic heterocycles. The van der Waals surface area contributed by atoms with Crippen molar-refractivity contribution >= 4 is 22.9 Å². The first-order chi connectivity index (χ1) is 14.3. The molecule has 2 aromatic carbocycles. The van der Waals surface area contributed by atoms with Crippen molar-refractivity contribution in [2.24, 2.45) is 0 Å². The fraction of sp³-hybridized carbons (Fsp3) is 0.348. The quantitative estimate of drug-likeness (QED) is 0.718. The van der Waals surface area contributed by atoms with Gasteiger partial charge in [0.15, 0.2) is 0 Å². The zero-order valence-corrected chi connectivity index (χ0v) is 17.5. The highest BCUT2D eigenvalue weighted by atomic mass is 16.6. The number of benzene rings is 2. The summed E-state index contributed by atoms with van der Waals surface area (Å²) in [7, 11) is 0. The smallest absolute Gasteiger partial charge is 0.410 e. The lowest BCUT2D eigenvalue weighted by Crippen LogP contribution is -2.40. The molecule has 1 aliphatic rings. The first-order valence-electron chi connectivity index (χ1n) is 10.1. The van der Waals surface area contributed by atoms with Crippen LogP contribution < -0.4 is 5.32 Å². The van der Waals surface area contributed by atoms with E-state index in [0.717, 1.165) is 16.6 Å². The SMILES string of the molecule is CC(C)(C)OC(=O)N1CCC(NC(=O)c2ccc(-n3ncc4ccccc43)cc2)C1. The van der Waals surface area contributed by atoms with Crippen molar-refractivity contribution in [3.63, 3.8) is 0 Å². The number of aromatic nitrogens is 2. The van der Waals surface area contributed by atoms with Crippen LogP contribution in [0.3, 0.4) is 0 Å². The third-order valence-electron chi connectivity index (χ3n) is 5.03. The molecule has 1 aromatic heterocycles. The van der Waals surface area contributed by atoms with E-state index in [4.69, 9.17) is 4.74 Å². The molecule has 2 amide bonds. The molecule has 7 nitrogen and oxygen atoms in total. The summed E-state index contributed by atoms with van der Waals surface area (Å²) in [6.07, 6.45) is 2.20.